The van der Waals surface area contributed by atoms with E-state index in [2.05, 4.69) is 5.32 Å². The van der Waals surface area contributed by atoms with Crippen LogP contribution in [-0.4, -0.2) is 27.8 Å². The minimum absolute atomic E-state index is 0.0677. The van der Waals surface area contributed by atoms with Gasteiger partial charge in [-0.3, -0.25) is 0 Å². The molecule has 4 heteroatoms. The number of hydrogen-bond acceptors (Lipinski definition) is 4. The number of nitrogens with two attached hydrogens (primary N) is 1. The van der Waals surface area contributed by atoms with E-state index in [1.165, 1.54) is 0 Å². The molecule has 0 bridgehead atoms. The third kappa shape index (κ3) is 2.53. The maximum atomic E-state index is 5.76. The van der Waals surface area contributed by atoms with Crippen LogP contribution in [0.25, 0.3) is 0 Å². The third-order valence-electron chi connectivity index (χ3n) is 3.21. The fourth-order valence-electron chi connectivity index (χ4n) is 2.03. The predicted octanol–water partition coefficient (Wildman–Crippen LogP) is 1.54. The molecule has 1 rings (SSSR count). The van der Waals surface area contributed by atoms with Gasteiger partial charge in [-0.1, -0.05) is 0 Å². The number of ether oxygens (including phenoxy) is 2. The Morgan fingerprint density at radius 2 is 1.88 bits per heavy atom. The average molecular weight is 238 g/mol. The van der Waals surface area contributed by atoms with Crippen LogP contribution in [0.3, 0.4) is 0 Å². The highest BCUT2D eigenvalue weighted by Crippen LogP contribution is 2.36. The van der Waals surface area contributed by atoms with Gasteiger partial charge in [0.1, 0.15) is 11.5 Å². The molecular formula is C13H22N2O2. The Morgan fingerprint density at radius 1 is 1.24 bits per heavy atom. The average Bonchev–Trinajstić information content (AvgIpc) is 2.35. The SMILES string of the molecule is CNC(CN)c1cc(OC)c(C)c(C)c1OC. The van der Waals surface area contributed by atoms with E-state index in [4.69, 9.17) is 15.2 Å². The molecule has 0 aliphatic heterocycles. The van der Waals surface area contributed by atoms with Crippen molar-refractivity contribution < 1.29 is 9.47 Å². The van der Waals surface area contributed by atoms with Gasteiger partial charge in [0.25, 0.3) is 0 Å². The topological polar surface area (TPSA) is 56.5 Å². The Hall–Kier alpha value is -1.26. The van der Waals surface area contributed by atoms with Crippen molar-refractivity contribution in [2.45, 2.75) is 19.9 Å². The van der Waals surface area contributed by atoms with Gasteiger partial charge in [-0.15, -0.1) is 0 Å². The van der Waals surface area contributed by atoms with Crippen molar-refractivity contribution in [3.8, 4) is 11.5 Å². The fourth-order valence-corrected chi connectivity index (χ4v) is 2.03. The van der Waals surface area contributed by atoms with Crippen molar-refractivity contribution in [3.05, 3.63) is 22.8 Å². The first-order valence-electron chi connectivity index (χ1n) is 5.70. The van der Waals surface area contributed by atoms with Gasteiger partial charge in [-0.05, 0) is 38.1 Å². The highest BCUT2D eigenvalue weighted by molar-refractivity contribution is 5.53. The van der Waals surface area contributed by atoms with Crippen LogP contribution in [0, 0.1) is 13.8 Å². The minimum atomic E-state index is 0.0677. The molecule has 4 nitrogen and oxygen atoms in total. The van der Waals surface area contributed by atoms with Crippen molar-refractivity contribution in [2.24, 2.45) is 5.73 Å². The first kappa shape index (κ1) is 13.8. The van der Waals surface area contributed by atoms with Gasteiger partial charge in [0.2, 0.25) is 0 Å². The summed E-state index contributed by atoms with van der Waals surface area (Å²) in [5, 5.41) is 3.18. The van der Waals surface area contributed by atoms with Crippen LogP contribution >= 0.6 is 0 Å². The lowest BCUT2D eigenvalue weighted by Gasteiger charge is -2.22. The summed E-state index contributed by atoms with van der Waals surface area (Å²) in [6, 6.07) is 2.06. The Labute approximate surface area is 103 Å². The summed E-state index contributed by atoms with van der Waals surface area (Å²) in [7, 11) is 5.24. The number of likely N-dealkylation sites (N-methyl/N-ethyl adjacent to an activating group) is 1. The molecule has 0 saturated carbocycles. The van der Waals surface area contributed by atoms with E-state index in [9.17, 15) is 0 Å². The zero-order valence-electron chi connectivity index (χ0n) is 11.3. The van der Waals surface area contributed by atoms with Gasteiger partial charge >= 0.3 is 0 Å². The molecule has 3 N–H and O–H groups in total. The maximum absolute atomic E-state index is 5.76. The standard InChI is InChI=1S/C13H22N2O2/c1-8-9(2)13(17-5)10(6-12(8)16-4)11(7-14)15-3/h6,11,15H,7,14H2,1-5H3. The van der Waals surface area contributed by atoms with Crippen LogP contribution in [0.15, 0.2) is 6.07 Å². The van der Waals surface area contributed by atoms with E-state index in [-0.39, 0.29) is 6.04 Å². The summed E-state index contributed by atoms with van der Waals surface area (Å²) >= 11 is 0. The van der Waals surface area contributed by atoms with Crippen molar-refractivity contribution >= 4 is 0 Å². The number of methoxy groups -OCH3 is 2. The third-order valence-corrected chi connectivity index (χ3v) is 3.21. The molecule has 1 atom stereocenters. The molecule has 1 aromatic carbocycles. The van der Waals surface area contributed by atoms with Crippen LogP contribution in [0.5, 0.6) is 11.5 Å². The zero-order valence-corrected chi connectivity index (χ0v) is 11.3. The summed E-state index contributed by atoms with van der Waals surface area (Å²) in [6.07, 6.45) is 0. The highest BCUT2D eigenvalue weighted by atomic mass is 16.5. The quantitative estimate of drug-likeness (QED) is 0.817. The summed E-state index contributed by atoms with van der Waals surface area (Å²) in [5.41, 5.74) is 8.99. The van der Waals surface area contributed by atoms with E-state index < -0.39 is 0 Å². The van der Waals surface area contributed by atoms with E-state index in [1.54, 1.807) is 14.2 Å². The molecule has 1 unspecified atom stereocenters. The van der Waals surface area contributed by atoms with Gasteiger partial charge in [0.05, 0.1) is 14.2 Å². The molecule has 0 spiro atoms. The van der Waals surface area contributed by atoms with Crippen LogP contribution in [-0.2, 0) is 0 Å². The molecule has 0 saturated heterocycles. The van der Waals surface area contributed by atoms with Gasteiger partial charge in [-0.2, -0.15) is 0 Å². The second-order valence-corrected chi connectivity index (χ2v) is 4.03. The number of nitrogens with one attached hydrogen (secondary N) is 1. The van der Waals surface area contributed by atoms with Gasteiger partial charge in [-0.25, -0.2) is 0 Å². The zero-order chi connectivity index (χ0) is 13.0. The Bertz CT molecular complexity index is 387. The summed E-state index contributed by atoms with van der Waals surface area (Å²) in [6.45, 7) is 4.57. The molecule has 0 fully saturated rings. The molecule has 0 heterocycles. The van der Waals surface area contributed by atoms with Crippen LogP contribution in [0.1, 0.15) is 22.7 Å². The van der Waals surface area contributed by atoms with E-state index >= 15 is 0 Å². The molecule has 17 heavy (non-hydrogen) atoms. The van der Waals surface area contributed by atoms with Gasteiger partial charge < -0.3 is 20.5 Å². The van der Waals surface area contributed by atoms with Gasteiger partial charge in [0.15, 0.2) is 0 Å². The van der Waals surface area contributed by atoms with Crippen molar-refractivity contribution in [3.63, 3.8) is 0 Å². The first-order valence-corrected chi connectivity index (χ1v) is 5.70. The molecule has 0 aromatic heterocycles. The summed E-state index contributed by atoms with van der Waals surface area (Å²) in [4.78, 5) is 0. The first-order chi connectivity index (χ1) is 8.10. The lowest BCUT2D eigenvalue weighted by Crippen LogP contribution is -2.25. The normalized spacial score (nSPS) is 12.4. The monoisotopic (exact) mass is 238 g/mol. The molecule has 0 aliphatic carbocycles. The number of rotatable bonds is 5. The van der Waals surface area contributed by atoms with E-state index in [0.717, 1.165) is 28.2 Å². The molecular weight excluding hydrogens is 216 g/mol. The van der Waals surface area contributed by atoms with Gasteiger partial charge in [0, 0.05) is 18.2 Å². The van der Waals surface area contributed by atoms with Crippen molar-refractivity contribution in [2.75, 3.05) is 27.8 Å². The molecule has 0 radical (unpaired) electrons. The van der Waals surface area contributed by atoms with E-state index in [1.807, 2.05) is 27.0 Å². The molecule has 0 amide bonds. The Kier molecular flexibility index (Phi) is 4.78. The summed E-state index contributed by atoms with van der Waals surface area (Å²) in [5.74, 6) is 1.75. The van der Waals surface area contributed by atoms with Crippen molar-refractivity contribution in [1.82, 2.24) is 5.32 Å². The van der Waals surface area contributed by atoms with Crippen LogP contribution < -0.4 is 20.5 Å². The van der Waals surface area contributed by atoms with Crippen LogP contribution in [0.4, 0.5) is 0 Å². The van der Waals surface area contributed by atoms with Crippen LogP contribution in [0.2, 0.25) is 0 Å². The fraction of sp³-hybridized carbons (Fsp3) is 0.538. The second kappa shape index (κ2) is 5.89. The minimum Gasteiger partial charge on any atom is -0.496 e. The Balaban J connectivity index is 3.41. The lowest BCUT2D eigenvalue weighted by atomic mass is 9.98. The number of hydrogen-bond donors (Lipinski definition) is 2. The van der Waals surface area contributed by atoms with Crippen molar-refractivity contribution in [1.29, 1.82) is 0 Å². The second-order valence-electron chi connectivity index (χ2n) is 4.03. The van der Waals surface area contributed by atoms with E-state index in [0.29, 0.717) is 6.54 Å². The smallest absolute Gasteiger partial charge is 0.127 e. The Morgan fingerprint density at radius 3 is 2.29 bits per heavy atom. The summed E-state index contributed by atoms with van der Waals surface area (Å²) < 4.78 is 10.9. The lowest BCUT2D eigenvalue weighted by molar-refractivity contribution is 0.387. The predicted molar refractivity (Wildman–Crippen MR) is 69.9 cm³/mol. The number of benzene rings is 1. The maximum Gasteiger partial charge on any atom is 0.127 e. The highest BCUT2D eigenvalue weighted by Gasteiger charge is 2.19. The molecule has 96 valence electrons. The molecule has 0 aliphatic rings. The molecule has 1 aromatic rings. The largest absolute Gasteiger partial charge is 0.496 e.